The minimum atomic E-state index is -3.37. The first-order valence-electron chi connectivity index (χ1n) is 8.07. The van der Waals surface area contributed by atoms with Crippen molar-refractivity contribution < 1.29 is 22.7 Å². The molecule has 0 bridgehead atoms. The van der Waals surface area contributed by atoms with Crippen molar-refractivity contribution in [3.63, 3.8) is 0 Å². The molecule has 1 amide bonds. The van der Waals surface area contributed by atoms with Crippen LogP contribution >= 0.6 is 11.6 Å². The average Bonchev–Trinajstić information content (AvgIpc) is 3.01. The lowest BCUT2D eigenvalue weighted by Gasteiger charge is -2.29. The van der Waals surface area contributed by atoms with Crippen LogP contribution in [0.25, 0.3) is 0 Å². The van der Waals surface area contributed by atoms with E-state index in [9.17, 15) is 13.2 Å². The van der Waals surface area contributed by atoms with Gasteiger partial charge in [-0.25, -0.2) is 8.42 Å². The summed E-state index contributed by atoms with van der Waals surface area (Å²) in [6.45, 7) is 0. The highest BCUT2D eigenvalue weighted by molar-refractivity contribution is 7.94. The Kier molecular flexibility index (Phi) is 5.43. The van der Waals surface area contributed by atoms with Crippen LogP contribution in [-0.2, 0) is 9.84 Å². The molecular weight excluding hydrogens is 390 g/mol. The van der Waals surface area contributed by atoms with Gasteiger partial charge in [-0.15, -0.1) is 0 Å². The van der Waals surface area contributed by atoms with Crippen LogP contribution in [0.1, 0.15) is 10.4 Å². The monoisotopic (exact) mass is 407 g/mol. The molecule has 0 spiro atoms. The van der Waals surface area contributed by atoms with E-state index < -0.39 is 15.9 Å². The Morgan fingerprint density at radius 3 is 2.52 bits per heavy atom. The molecule has 2 aromatic carbocycles. The smallest absolute Gasteiger partial charge is 0.259 e. The van der Waals surface area contributed by atoms with Crippen molar-refractivity contribution in [1.82, 2.24) is 0 Å². The molecule has 0 aromatic heterocycles. The molecule has 0 aliphatic carbocycles. The Balaban J connectivity index is 2.11. The summed E-state index contributed by atoms with van der Waals surface area (Å²) in [5, 5.41) is 1.54. The summed E-state index contributed by atoms with van der Waals surface area (Å²) in [6.07, 6.45) is 1.50. The third-order valence-corrected chi connectivity index (χ3v) is 5.79. The highest BCUT2D eigenvalue weighted by Crippen LogP contribution is 2.36. The van der Waals surface area contributed by atoms with Gasteiger partial charge in [-0.3, -0.25) is 9.69 Å². The summed E-state index contributed by atoms with van der Waals surface area (Å²) in [5.74, 6) is 0.365. The largest absolute Gasteiger partial charge is 0.497 e. The van der Waals surface area contributed by atoms with Gasteiger partial charge >= 0.3 is 0 Å². The first kappa shape index (κ1) is 19.3. The van der Waals surface area contributed by atoms with Crippen molar-refractivity contribution in [3.8, 4) is 11.5 Å². The third kappa shape index (κ3) is 4.09. The number of hydrogen-bond donors (Lipinski definition) is 0. The zero-order valence-corrected chi connectivity index (χ0v) is 16.3. The van der Waals surface area contributed by atoms with E-state index in [4.69, 9.17) is 21.1 Å². The van der Waals surface area contributed by atoms with E-state index in [0.29, 0.717) is 27.8 Å². The summed E-state index contributed by atoms with van der Waals surface area (Å²) >= 11 is 6.02. The first-order valence-corrected chi connectivity index (χ1v) is 10.2. The van der Waals surface area contributed by atoms with Crippen molar-refractivity contribution >= 4 is 33.0 Å². The number of carbonyl (C=O) groups is 1. The lowest BCUT2D eigenvalue weighted by Crippen LogP contribution is -2.41. The van der Waals surface area contributed by atoms with E-state index in [1.807, 2.05) is 0 Å². The van der Waals surface area contributed by atoms with Crippen LogP contribution in [0.3, 0.4) is 0 Å². The number of hydrogen-bond acceptors (Lipinski definition) is 5. The van der Waals surface area contributed by atoms with Crippen LogP contribution in [0, 0.1) is 0 Å². The second kappa shape index (κ2) is 7.62. The van der Waals surface area contributed by atoms with Crippen LogP contribution < -0.4 is 14.4 Å². The Morgan fingerprint density at radius 1 is 1.15 bits per heavy atom. The van der Waals surface area contributed by atoms with E-state index in [1.165, 1.54) is 25.2 Å². The molecule has 8 heteroatoms. The molecule has 0 saturated heterocycles. The summed E-state index contributed by atoms with van der Waals surface area (Å²) in [6, 6.07) is 10.8. The van der Waals surface area contributed by atoms with Gasteiger partial charge in [0, 0.05) is 22.1 Å². The van der Waals surface area contributed by atoms with Gasteiger partial charge in [0.1, 0.15) is 11.5 Å². The molecule has 2 aromatic rings. The van der Waals surface area contributed by atoms with Crippen molar-refractivity contribution in [2.45, 2.75) is 6.04 Å². The lowest BCUT2D eigenvalue weighted by atomic mass is 10.1. The molecule has 1 atom stereocenters. The number of methoxy groups -OCH3 is 2. The molecule has 27 heavy (non-hydrogen) atoms. The highest BCUT2D eigenvalue weighted by atomic mass is 35.5. The SMILES string of the molecule is COc1ccc(N(C(=O)c2cccc(Cl)c2)[C@H]2C=CS(=O)(=O)C2)c(OC)c1. The standard InChI is InChI=1S/C19H18ClNO5S/c1-25-16-6-7-17(18(11-16)26-2)21(15-8-9-27(23,24)12-15)19(22)13-4-3-5-14(20)10-13/h3-11,15H,12H2,1-2H3/t15-/m0/s1. The quantitative estimate of drug-likeness (QED) is 0.760. The maximum Gasteiger partial charge on any atom is 0.259 e. The first-order chi connectivity index (χ1) is 12.8. The van der Waals surface area contributed by atoms with Gasteiger partial charge in [0.05, 0.1) is 31.7 Å². The van der Waals surface area contributed by atoms with Crippen LogP contribution in [0.5, 0.6) is 11.5 Å². The normalized spacial score (nSPS) is 17.5. The van der Waals surface area contributed by atoms with Gasteiger partial charge in [-0.1, -0.05) is 17.7 Å². The van der Waals surface area contributed by atoms with Gasteiger partial charge in [0.2, 0.25) is 0 Å². The maximum absolute atomic E-state index is 13.3. The van der Waals surface area contributed by atoms with E-state index >= 15 is 0 Å². The third-order valence-electron chi connectivity index (χ3n) is 4.18. The number of benzene rings is 2. The second-order valence-corrected chi connectivity index (χ2v) is 8.32. The van der Waals surface area contributed by atoms with E-state index in [1.54, 1.807) is 42.5 Å². The number of amides is 1. The Morgan fingerprint density at radius 2 is 1.93 bits per heavy atom. The molecular formula is C19H18ClNO5S. The number of anilines is 1. The van der Waals surface area contributed by atoms with E-state index in [-0.39, 0.29) is 11.7 Å². The predicted octanol–water partition coefficient (Wildman–Crippen LogP) is 3.31. The summed E-state index contributed by atoms with van der Waals surface area (Å²) in [5.41, 5.74) is 0.785. The summed E-state index contributed by atoms with van der Waals surface area (Å²) < 4.78 is 34.5. The number of sulfone groups is 1. The molecule has 0 fully saturated rings. The van der Waals surface area contributed by atoms with Gasteiger partial charge in [0.15, 0.2) is 9.84 Å². The fourth-order valence-electron chi connectivity index (χ4n) is 2.90. The van der Waals surface area contributed by atoms with Gasteiger partial charge in [0.25, 0.3) is 5.91 Å². The summed E-state index contributed by atoms with van der Waals surface area (Å²) in [7, 11) is -0.374. The molecule has 0 radical (unpaired) electrons. The van der Waals surface area contributed by atoms with Crippen molar-refractivity contribution in [2.75, 3.05) is 24.9 Å². The predicted molar refractivity (Wildman–Crippen MR) is 105 cm³/mol. The molecule has 1 aliphatic rings. The number of ether oxygens (including phenoxy) is 2. The molecule has 1 heterocycles. The topological polar surface area (TPSA) is 72.9 Å². The van der Waals surface area contributed by atoms with E-state index in [2.05, 4.69) is 0 Å². The fourth-order valence-corrected chi connectivity index (χ4v) is 4.36. The number of halogens is 1. The Bertz CT molecular complexity index is 1000. The molecule has 6 nitrogen and oxygen atoms in total. The van der Waals surface area contributed by atoms with Gasteiger partial charge in [-0.05, 0) is 36.4 Å². The highest BCUT2D eigenvalue weighted by Gasteiger charge is 2.33. The Hall–Kier alpha value is -2.51. The molecule has 0 unspecified atom stereocenters. The second-order valence-electron chi connectivity index (χ2n) is 5.95. The molecule has 0 saturated carbocycles. The van der Waals surface area contributed by atoms with Crippen LogP contribution in [0.2, 0.25) is 5.02 Å². The molecule has 1 aliphatic heterocycles. The maximum atomic E-state index is 13.3. The Labute approximate surface area is 162 Å². The van der Waals surface area contributed by atoms with Crippen molar-refractivity contribution in [2.24, 2.45) is 0 Å². The van der Waals surface area contributed by atoms with Crippen LogP contribution in [0.4, 0.5) is 5.69 Å². The van der Waals surface area contributed by atoms with E-state index in [0.717, 1.165) is 5.41 Å². The molecule has 142 valence electrons. The number of nitrogens with zero attached hydrogens (tertiary/aromatic N) is 1. The zero-order valence-electron chi connectivity index (χ0n) is 14.8. The van der Waals surface area contributed by atoms with Crippen molar-refractivity contribution in [3.05, 3.63) is 64.5 Å². The van der Waals surface area contributed by atoms with Gasteiger partial charge in [-0.2, -0.15) is 0 Å². The zero-order chi connectivity index (χ0) is 19.6. The van der Waals surface area contributed by atoms with Crippen LogP contribution in [0.15, 0.2) is 53.9 Å². The average molecular weight is 408 g/mol. The molecule has 0 N–H and O–H groups in total. The number of carbonyl (C=O) groups excluding carboxylic acids is 1. The minimum absolute atomic E-state index is 0.200. The van der Waals surface area contributed by atoms with Crippen molar-refractivity contribution in [1.29, 1.82) is 0 Å². The number of rotatable bonds is 5. The van der Waals surface area contributed by atoms with Gasteiger partial charge < -0.3 is 9.47 Å². The summed E-state index contributed by atoms with van der Waals surface area (Å²) in [4.78, 5) is 14.7. The fraction of sp³-hybridized carbons (Fsp3) is 0.211. The lowest BCUT2D eigenvalue weighted by molar-refractivity contribution is 0.0982. The molecule has 3 rings (SSSR count). The minimum Gasteiger partial charge on any atom is -0.497 e. The van der Waals surface area contributed by atoms with Crippen LogP contribution in [-0.4, -0.2) is 40.3 Å².